The van der Waals surface area contributed by atoms with Crippen molar-refractivity contribution in [3.63, 3.8) is 0 Å². The molecule has 0 aromatic carbocycles. The lowest BCUT2D eigenvalue weighted by atomic mass is 10.3. The minimum atomic E-state index is -4.30. The fraction of sp³-hybridized carbons (Fsp3) is 0.818. The van der Waals surface area contributed by atoms with Gasteiger partial charge in [-0.05, 0) is 19.9 Å². The molecule has 1 heterocycles. The molecule has 1 atom stereocenters. The van der Waals surface area contributed by atoms with Crippen LogP contribution in [0.4, 0.5) is 13.2 Å². The van der Waals surface area contributed by atoms with E-state index in [-0.39, 0.29) is 19.1 Å². The smallest absolute Gasteiger partial charge is 0.372 e. The van der Waals surface area contributed by atoms with E-state index >= 15 is 0 Å². The maximum atomic E-state index is 11.8. The quantitative estimate of drug-likeness (QED) is 0.741. The lowest BCUT2D eigenvalue weighted by Gasteiger charge is -2.07. The van der Waals surface area contributed by atoms with Crippen molar-refractivity contribution >= 4 is 0 Å². The van der Waals surface area contributed by atoms with Crippen molar-refractivity contribution in [3.8, 4) is 0 Å². The molecule has 1 aromatic rings. The molecular weight excluding hydrogens is 263 g/mol. The van der Waals surface area contributed by atoms with E-state index in [4.69, 9.17) is 4.52 Å². The second-order valence-electron chi connectivity index (χ2n) is 4.14. The van der Waals surface area contributed by atoms with Gasteiger partial charge in [-0.15, -0.1) is 0 Å². The van der Waals surface area contributed by atoms with Gasteiger partial charge < -0.3 is 14.6 Å². The fourth-order valence-corrected chi connectivity index (χ4v) is 1.34. The molecule has 0 aliphatic carbocycles. The molecule has 0 radical (unpaired) electrons. The molecule has 0 spiro atoms. The number of nitrogens with one attached hydrogen (secondary N) is 1. The SMILES string of the molecule is CCCNC(C)c1nc(CCOCC(F)(F)F)no1. The van der Waals surface area contributed by atoms with E-state index in [1.807, 2.05) is 13.8 Å². The molecule has 0 saturated carbocycles. The Morgan fingerprint density at radius 2 is 2.16 bits per heavy atom. The van der Waals surface area contributed by atoms with Gasteiger partial charge >= 0.3 is 6.18 Å². The Hall–Kier alpha value is -1.15. The first-order chi connectivity index (χ1) is 8.92. The summed E-state index contributed by atoms with van der Waals surface area (Å²) >= 11 is 0. The molecule has 19 heavy (non-hydrogen) atoms. The zero-order valence-corrected chi connectivity index (χ0v) is 11.0. The second kappa shape index (κ2) is 7.44. The van der Waals surface area contributed by atoms with Crippen molar-refractivity contribution in [1.29, 1.82) is 0 Å². The lowest BCUT2D eigenvalue weighted by molar-refractivity contribution is -0.173. The molecule has 0 fully saturated rings. The highest BCUT2D eigenvalue weighted by Crippen LogP contribution is 2.14. The van der Waals surface area contributed by atoms with Gasteiger partial charge in [-0.25, -0.2) is 0 Å². The summed E-state index contributed by atoms with van der Waals surface area (Å²) < 4.78 is 45.0. The standard InChI is InChI=1S/C11H18F3N3O2/c1-3-5-15-8(2)10-16-9(17-19-10)4-6-18-7-11(12,13)14/h8,15H,3-7H2,1-2H3. The van der Waals surface area contributed by atoms with Crippen LogP contribution in [0.3, 0.4) is 0 Å². The summed E-state index contributed by atoms with van der Waals surface area (Å²) in [4.78, 5) is 4.10. The predicted octanol–water partition coefficient (Wildman–Crippen LogP) is 2.25. The first kappa shape index (κ1) is 15.9. The van der Waals surface area contributed by atoms with Crippen LogP contribution in [-0.2, 0) is 11.2 Å². The van der Waals surface area contributed by atoms with Gasteiger partial charge in [0.15, 0.2) is 5.82 Å². The highest BCUT2D eigenvalue weighted by Gasteiger charge is 2.27. The van der Waals surface area contributed by atoms with Crippen LogP contribution < -0.4 is 5.32 Å². The van der Waals surface area contributed by atoms with Crippen LogP contribution in [-0.4, -0.2) is 36.1 Å². The van der Waals surface area contributed by atoms with Crippen LogP contribution >= 0.6 is 0 Å². The average molecular weight is 281 g/mol. The number of alkyl halides is 3. The maximum Gasteiger partial charge on any atom is 0.411 e. The molecule has 0 bridgehead atoms. The van der Waals surface area contributed by atoms with Gasteiger partial charge in [0.25, 0.3) is 0 Å². The monoisotopic (exact) mass is 281 g/mol. The van der Waals surface area contributed by atoms with Crippen LogP contribution in [0.2, 0.25) is 0 Å². The van der Waals surface area contributed by atoms with Gasteiger partial charge in [-0.2, -0.15) is 18.2 Å². The molecule has 110 valence electrons. The Kier molecular flexibility index (Phi) is 6.23. The molecule has 1 aromatic heterocycles. The van der Waals surface area contributed by atoms with Crippen molar-refractivity contribution in [2.24, 2.45) is 0 Å². The average Bonchev–Trinajstić information content (AvgIpc) is 2.79. The third-order valence-corrected chi connectivity index (χ3v) is 2.29. The molecule has 0 aliphatic heterocycles. The Morgan fingerprint density at radius 1 is 1.42 bits per heavy atom. The Labute approximate surface area is 109 Å². The lowest BCUT2D eigenvalue weighted by Crippen LogP contribution is -2.19. The van der Waals surface area contributed by atoms with E-state index in [9.17, 15) is 13.2 Å². The highest BCUT2D eigenvalue weighted by atomic mass is 19.4. The van der Waals surface area contributed by atoms with E-state index < -0.39 is 12.8 Å². The van der Waals surface area contributed by atoms with E-state index in [0.29, 0.717) is 11.7 Å². The van der Waals surface area contributed by atoms with Gasteiger partial charge in [-0.3, -0.25) is 0 Å². The summed E-state index contributed by atoms with van der Waals surface area (Å²) in [6, 6.07) is -0.0720. The van der Waals surface area contributed by atoms with Gasteiger partial charge in [0.1, 0.15) is 6.61 Å². The third-order valence-electron chi connectivity index (χ3n) is 2.29. The zero-order valence-electron chi connectivity index (χ0n) is 11.0. The number of rotatable bonds is 8. The van der Waals surface area contributed by atoms with Gasteiger partial charge in [0, 0.05) is 6.42 Å². The Bertz CT molecular complexity index is 368. The summed E-state index contributed by atoms with van der Waals surface area (Å²) in [5, 5.41) is 6.86. The van der Waals surface area contributed by atoms with Gasteiger partial charge in [-0.1, -0.05) is 12.1 Å². The van der Waals surface area contributed by atoms with E-state index in [1.54, 1.807) is 0 Å². The van der Waals surface area contributed by atoms with Crippen molar-refractivity contribution in [2.75, 3.05) is 19.8 Å². The Morgan fingerprint density at radius 3 is 2.79 bits per heavy atom. The molecule has 1 unspecified atom stereocenters. The topological polar surface area (TPSA) is 60.2 Å². The van der Waals surface area contributed by atoms with Crippen LogP contribution in [0, 0.1) is 0 Å². The first-order valence-electron chi connectivity index (χ1n) is 6.12. The minimum absolute atomic E-state index is 0.0720. The molecule has 8 heteroatoms. The summed E-state index contributed by atoms with van der Waals surface area (Å²) in [5.74, 6) is 0.779. The third kappa shape index (κ3) is 6.53. The number of aromatic nitrogens is 2. The zero-order chi connectivity index (χ0) is 14.3. The van der Waals surface area contributed by atoms with Crippen LogP contribution in [0.25, 0.3) is 0 Å². The number of hydrogen-bond acceptors (Lipinski definition) is 5. The second-order valence-corrected chi connectivity index (χ2v) is 4.14. The van der Waals surface area contributed by atoms with E-state index in [0.717, 1.165) is 13.0 Å². The first-order valence-corrected chi connectivity index (χ1v) is 6.12. The van der Waals surface area contributed by atoms with Crippen molar-refractivity contribution in [3.05, 3.63) is 11.7 Å². The largest absolute Gasteiger partial charge is 0.411 e. The van der Waals surface area contributed by atoms with Gasteiger partial charge in [0.2, 0.25) is 5.89 Å². The number of nitrogens with zero attached hydrogens (tertiary/aromatic N) is 2. The predicted molar refractivity (Wildman–Crippen MR) is 61.6 cm³/mol. The number of ether oxygens (including phenoxy) is 1. The van der Waals surface area contributed by atoms with Crippen molar-refractivity contribution < 1.29 is 22.4 Å². The molecule has 0 aliphatic rings. The summed E-state index contributed by atoms with van der Waals surface area (Å²) in [5.41, 5.74) is 0. The summed E-state index contributed by atoms with van der Waals surface area (Å²) in [6.07, 6.45) is -3.13. The van der Waals surface area contributed by atoms with Crippen LogP contribution in [0.1, 0.15) is 38.0 Å². The molecule has 0 saturated heterocycles. The number of halogens is 3. The molecule has 5 nitrogen and oxygen atoms in total. The molecule has 1 rings (SSSR count). The highest BCUT2D eigenvalue weighted by molar-refractivity contribution is 4.91. The minimum Gasteiger partial charge on any atom is -0.372 e. The van der Waals surface area contributed by atoms with E-state index in [2.05, 4.69) is 20.2 Å². The summed E-state index contributed by atoms with van der Waals surface area (Å²) in [7, 11) is 0. The fourth-order valence-electron chi connectivity index (χ4n) is 1.34. The maximum absolute atomic E-state index is 11.8. The molecular formula is C11H18F3N3O2. The summed E-state index contributed by atoms with van der Waals surface area (Å²) in [6.45, 7) is 3.40. The molecule has 1 N–H and O–H groups in total. The molecule has 0 amide bonds. The Balaban J connectivity index is 2.30. The van der Waals surface area contributed by atoms with Crippen molar-refractivity contribution in [2.45, 2.75) is 38.9 Å². The normalized spacial score (nSPS) is 13.7. The van der Waals surface area contributed by atoms with E-state index in [1.165, 1.54) is 0 Å². The van der Waals surface area contributed by atoms with Crippen LogP contribution in [0.5, 0.6) is 0 Å². The van der Waals surface area contributed by atoms with Crippen LogP contribution in [0.15, 0.2) is 4.52 Å². The van der Waals surface area contributed by atoms with Crippen molar-refractivity contribution in [1.82, 2.24) is 15.5 Å². The van der Waals surface area contributed by atoms with Gasteiger partial charge in [0.05, 0.1) is 12.6 Å². The number of hydrogen-bond donors (Lipinski definition) is 1.